The van der Waals surface area contributed by atoms with Crippen LogP contribution < -0.4 is 5.73 Å². The highest BCUT2D eigenvalue weighted by atomic mass is 32.2. The zero-order chi connectivity index (χ0) is 14.4. The van der Waals surface area contributed by atoms with Gasteiger partial charge in [0, 0.05) is 19.3 Å². The second-order valence-corrected chi connectivity index (χ2v) is 7.75. The molecule has 0 bridgehead atoms. The first kappa shape index (κ1) is 14.3. The maximum absolute atomic E-state index is 12.6. The Morgan fingerprint density at radius 1 is 1.37 bits per heavy atom. The second-order valence-electron chi connectivity index (χ2n) is 5.74. The number of nitrogens with zero attached hydrogens (tertiary/aromatic N) is 1. The monoisotopic (exact) mass is 282 g/mol. The van der Waals surface area contributed by atoms with Gasteiger partial charge in [0.25, 0.3) is 0 Å². The van der Waals surface area contributed by atoms with E-state index in [2.05, 4.69) is 6.92 Å². The van der Waals surface area contributed by atoms with Crippen molar-refractivity contribution in [2.75, 3.05) is 19.3 Å². The molecule has 2 unspecified atom stereocenters. The van der Waals surface area contributed by atoms with Crippen molar-refractivity contribution in [3.8, 4) is 0 Å². The molecule has 0 spiro atoms. The molecule has 2 N–H and O–H groups in total. The molecule has 4 nitrogen and oxygen atoms in total. The molecular formula is C14H22N2O2S. The number of nitrogen functional groups attached to an aromatic ring is 1. The van der Waals surface area contributed by atoms with Crippen LogP contribution in [0.4, 0.5) is 5.69 Å². The van der Waals surface area contributed by atoms with Crippen LogP contribution >= 0.6 is 0 Å². The van der Waals surface area contributed by atoms with E-state index < -0.39 is 10.0 Å². The second kappa shape index (κ2) is 4.80. The largest absolute Gasteiger partial charge is 0.398 e. The SMILES string of the molecule is Cc1cc(N)c(C)c(S(=O)(=O)N(C)CC2CC2C)c1. The van der Waals surface area contributed by atoms with E-state index >= 15 is 0 Å². The van der Waals surface area contributed by atoms with Crippen LogP contribution in [0.15, 0.2) is 17.0 Å². The predicted molar refractivity (Wildman–Crippen MR) is 77.4 cm³/mol. The van der Waals surface area contributed by atoms with E-state index in [1.165, 1.54) is 4.31 Å². The molecule has 0 aromatic heterocycles. The summed E-state index contributed by atoms with van der Waals surface area (Å²) >= 11 is 0. The van der Waals surface area contributed by atoms with E-state index in [1.807, 2.05) is 6.92 Å². The van der Waals surface area contributed by atoms with Gasteiger partial charge in [0.2, 0.25) is 10.0 Å². The fourth-order valence-corrected chi connectivity index (χ4v) is 3.93. The molecule has 0 heterocycles. The lowest BCUT2D eigenvalue weighted by Gasteiger charge is -2.19. The van der Waals surface area contributed by atoms with Crippen LogP contribution in [0, 0.1) is 25.7 Å². The van der Waals surface area contributed by atoms with Crippen molar-refractivity contribution in [3.63, 3.8) is 0 Å². The Kier molecular flexibility index (Phi) is 3.62. The Balaban J connectivity index is 2.33. The van der Waals surface area contributed by atoms with Gasteiger partial charge in [-0.3, -0.25) is 0 Å². The zero-order valence-electron chi connectivity index (χ0n) is 12.0. The molecule has 0 aliphatic heterocycles. The molecule has 1 aromatic carbocycles. The summed E-state index contributed by atoms with van der Waals surface area (Å²) in [6.45, 7) is 6.37. The average molecular weight is 282 g/mol. The Morgan fingerprint density at radius 2 is 1.95 bits per heavy atom. The van der Waals surface area contributed by atoms with E-state index in [0.29, 0.717) is 34.5 Å². The summed E-state index contributed by atoms with van der Waals surface area (Å²) in [7, 11) is -1.79. The molecule has 0 radical (unpaired) electrons. The smallest absolute Gasteiger partial charge is 0.243 e. The molecule has 0 saturated heterocycles. The Hall–Kier alpha value is -1.07. The molecule has 2 rings (SSSR count). The first-order valence-electron chi connectivity index (χ1n) is 6.56. The quantitative estimate of drug-likeness (QED) is 0.861. The molecular weight excluding hydrogens is 260 g/mol. The summed E-state index contributed by atoms with van der Waals surface area (Å²) in [5, 5.41) is 0. The van der Waals surface area contributed by atoms with Gasteiger partial charge < -0.3 is 5.73 Å². The summed E-state index contributed by atoms with van der Waals surface area (Å²) in [5.41, 5.74) is 7.92. The molecule has 106 valence electrons. The number of rotatable bonds is 4. The van der Waals surface area contributed by atoms with Gasteiger partial charge in [-0.25, -0.2) is 12.7 Å². The number of nitrogens with two attached hydrogens (primary N) is 1. The number of anilines is 1. The van der Waals surface area contributed by atoms with Crippen LogP contribution in [-0.2, 0) is 10.0 Å². The molecule has 1 saturated carbocycles. The van der Waals surface area contributed by atoms with Crippen molar-refractivity contribution in [1.29, 1.82) is 0 Å². The van der Waals surface area contributed by atoms with E-state index in [-0.39, 0.29) is 0 Å². The minimum absolute atomic E-state index is 0.334. The molecule has 1 aromatic rings. The van der Waals surface area contributed by atoms with Gasteiger partial charge >= 0.3 is 0 Å². The molecule has 19 heavy (non-hydrogen) atoms. The zero-order valence-corrected chi connectivity index (χ0v) is 12.8. The molecule has 2 atom stereocenters. The highest BCUT2D eigenvalue weighted by molar-refractivity contribution is 7.89. The first-order valence-corrected chi connectivity index (χ1v) is 8.00. The number of sulfonamides is 1. The molecule has 1 fully saturated rings. The summed E-state index contributed by atoms with van der Waals surface area (Å²) in [6, 6.07) is 3.51. The fraction of sp³-hybridized carbons (Fsp3) is 0.571. The molecule has 0 amide bonds. The van der Waals surface area contributed by atoms with Crippen LogP contribution in [0.2, 0.25) is 0 Å². The summed E-state index contributed by atoms with van der Waals surface area (Å²) in [5.74, 6) is 1.14. The van der Waals surface area contributed by atoms with Crippen LogP contribution in [-0.4, -0.2) is 26.3 Å². The van der Waals surface area contributed by atoms with E-state index in [9.17, 15) is 8.42 Å². The first-order chi connectivity index (χ1) is 8.73. The van der Waals surface area contributed by atoms with E-state index in [0.717, 1.165) is 12.0 Å². The lowest BCUT2D eigenvalue weighted by molar-refractivity contribution is 0.444. The third-order valence-electron chi connectivity index (χ3n) is 4.00. The lowest BCUT2D eigenvalue weighted by Crippen LogP contribution is -2.30. The summed E-state index contributed by atoms with van der Waals surface area (Å²) in [4.78, 5) is 0.334. The minimum Gasteiger partial charge on any atom is -0.398 e. The average Bonchev–Trinajstić information content (AvgIpc) is 2.99. The molecule has 1 aliphatic rings. The maximum Gasteiger partial charge on any atom is 0.243 e. The van der Waals surface area contributed by atoms with Crippen molar-refractivity contribution in [1.82, 2.24) is 4.31 Å². The van der Waals surface area contributed by atoms with E-state index in [1.54, 1.807) is 26.1 Å². The van der Waals surface area contributed by atoms with Gasteiger partial charge in [-0.2, -0.15) is 0 Å². The third-order valence-corrected chi connectivity index (χ3v) is 5.95. The van der Waals surface area contributed by atoms with Crippen LogP contribution in [0.1, 0.15) is 24.5 Å². The Morgan fingerprint density at radius 3 is 2.47 bits per heavy atom. The number of hydrogen-bond donors (Lipinski definition) is 1. The van der Waals surface area contributed by atoms with Gasteiger partial charge in [-0.15, -0.1) is 0 Å². The van der Waals surface area contributed by atoms with Gasteiger partial charge in [-0.05, 0) is 55.4 Å². The van der Waals surface area contributed by atoms with Crippen molar-refractivity contribution in [2.24, 2.45) is 11.8 Å². The van der Waals surface area contributed by atoms with Crippen molar-refractivity contribution in [2.45, 2.75) is 32.1 Å². The standard InChI is InChI=1S/C14H22N2O2S/c1-9-5-13(15)11(3)14(6-9)19(17,18)16(4)8-12-7-10(12)2/h5-6,10,12H,7-8,15H2,1-4H3. The third kappa shape index (κ3) is 2.77. The number of aryl methyl sites for hydroxylation is 1. The lowest BCUT2D eigenvalue weighted by atomic mass is 10.1. The van der Waals surface area contributed by atoms with Gasteiger partial charge in [0.15, 0.2) is 0 Å². The molecule has 1 aliphatic carbocycles. The van der Waals surface area contributed by atoms with Gasteiger partial charge in [-0.1, -0.05) is 6.92 Å². The minimum atomic E-state index is -3.44. The topological polar surface area (TPSA) is 63.4 Å². The summed E-state index contributed by atoms with van der Waals surface area (Å²) < 4.78 is 26.7. The normalized spacial score (nSPS) is 22.8. The van der Waals surface area contributed by atoms with Crippen LogP contribution in [0.25, 0.3) is 0 Å². The van der Waals surface area contributed by atoms with E-state index in [4.69, 9.17) is 5.73 Å². The predicted octanol–water partition coefficient (Wildman–Crippen LogP) is 2.16. The summed E-state index contributed by atoms with van der Waals surface area (Å²) in [6.07, 6.45) is 1.12. The number of benzene rings is 1. The maximum atomic E-state index is 12.6. The van der Waals surface area contributed by atoms with Crippen molar-refractivity contribution >= 4 is 15.7 Å². The van der Waals surface area contributed by atoms with Crippen molar-refractivity contribution < 1.29 is 8.42 Å². The number of hydrogen-bond acceptors (Lipinski definition) is 3. The van der Waals surface area contributed by atoms with Crippen LogP contribution in [0.5, 0.6) is 0 Å². The Bertz CT molecular complexity index is 596. The van der Waals surface area contributed by atoms with Crippen LogP contribution in [0.3, 0.4) is 0 Å². The fourth-order valence-electron chi connectivity index (χ4n) is 2.37. The highest BCUT2D eigenvalue weighted by Crippen LogP contribution is 2.39. The molecule has 5 heteroatoms. The van der Waals surface area contributed by atoms with Gasteiger partial charge in [0.05, 0.1) is 4.90 Å². The Labute approximate surface area is 115 Å². The van der Waals surface area contributed by atoms with Gasteiger partial charge in [0.1, 0.15) is 0 Å². The van der Waals surface area contributed by atoms with Crippen molar-refractivity contribution in [3.05, 3.63) is 23.3 Å². The highest BCUT2D eigenvalue weighted by Gasteiger charge is 2.36.